The van der Waals surface area contributed by atoms with Crippen molar-refractivity contribution in [3.63, 3.8) is 0 Å². The molecule has 0 bridgehead atoms. The van der Waals surface area contributed by atoms with E-state index in [0.717, 1.165) is 30.8 Å². The Balaban J connectivity index is 1.93. The van der Waals surface area contributed by atoms with Crippen LogP contribution in [0.4, 0.5) is 0 Å². The van der Waals surface area contributed by atoms with Gasteiger partial charge in [-0.1, -0.05) is 48.0 Å². The maximum absolute atomic E-state index is 8.79. The van der Waals surface area contributed by atoms with Crippen molar-refractivity contribution >= 4 is 0 Å². The first kappa shape index (κ1) is 15.5. The van der Waals surface area contributed by atoms with Crippen LogP contribution in [-0.2, 0) is 13.2 Å². The van der Waals surface area contributed by atoms with E-state index < -0.39 is 0 Å². The molecule has 0 heterocycles. The Morgan fingerprint density at radius 1 is 1.10 bits per heavy atom. The maximum Gasteiger partial charge on any atom is 0.124 e. The molecule has 0 fully saturated rings. The molecule has 2 rings (SSSR count). The molecule has 2 N–H and O–H groups in total. The van der Waals surface area contributed by atoms with Crippen molar-refractivity contribution in [2.75, 3.05) is 13.2 Å². The second kappa shape index (κ2) is 8.45. The highest BCUT2D eigenvalue weighted by molar-refractivity contribution is 5.33. The van der Waals surface area contributed by atoms with Gasteiger partial charge >= 0.3 is 0 Å². The van der Waals surface area contributed by atoms with Gasteiger partial charge in [0, 0.05) is 18.7 Å². The maximum atomic E-state index is 8.79. The Kier molecular flexibility index (Phi) is 6.25. The van der Waals surface area contributed by atoms with Crippen LogP contribution in [0, 0.1) is 6.92 Å². The average molecular weight is 285 g/mol. The van der Waals surface area contributed by atoms with E-state index in [1.165, 1.54) is 11.1 Å². The van der Waals surface area contributed by atoms with E-state index >= 15 is 0 Å². The van der Waals surface area contributed by atoms with Crippen LogP contribution in [0.3, 0.4) is 0 Å². The molecule has 0 aliphatic heterocycles. The zero-order chi connectivity index (χ0) is 14.9. The highest BCUT2D eigenvalue weighted by Crippen LogP contribution is 2.19. The number of nitrogens with one attached hydrogen (secondary N) is 1. The summed E-state index contributed by atoms with van der Waals surface area (Å²) < 4.78 is 5.95. The molecule has 0 radical (unpaired) electrons. The van der Waals surface area contributed by atoms with Crippen molar-refractivity contribution in [1.82, 2.24) is 5.32 Å². The first-order valence-corrected chi connectivity index (χ1v) is 7.37. The number of benzene rings is 2. The number of para-hydroxylation sites is 1. The predicted molar refractivity (Wildman–Crippen MR) is 85.4 cm³/mol. The standard InChI is InChI=1S/C18H23NO2/c1-15-6-4-7-16(12-15)14-21-18-9-3-2-8-17(18)13-19-10-5-11-20/h2-4,6-9,12,19-20H,5,10-11,13-14H2,1H3. The number of aryl methyl sites for hydroxylation is 1. The van der Waals surface area contributed by atoms with Crippen molar-refractivity contribution in [3.8, 4) is 5.75 Å². The molecular weight excluding hydrogens is 262 g/mol. The summed E-state index contributed by atoms with van der Waals surface area (Å²) >= 11 is 0. The number of ether oxygens (including phenoxy) is 1. The van der Waals surface area contributed by atoms with Gasteiger partial charge in [0.05, 0.1) is 0 Å². The van der Waals surface area contributed by atoms with Crippen molar-refractivity contribution in [1.29, 1.82) is 0 Å². The molecule has 2 aromatic carbocycles. The fraction of sp³-hybridized carbons (Fsp3) is 0.333. The molecule has 112 valence electrons. The van der Waals surface area contributed by atoms with Gasteiger partial charge in [-0.3, -0.25) is 0 Å². The van der Waals surface area contributed by atoms with Crippen LogP contribution in [0.15, 0.2) is 48.5 Å². The summed E-state index contributed by atoms with van der Waals surface area (Å²) in [4.78, 5) is 0. The van der Waals surface area contributed by atoms with Gasteiger partial charge in [-0.05, 0) is 31.5 Å². The van der Waals surface area contributed by atoms with Crippen LogP contribution in [0.25, 0.3) is 0 Å². The third kappa shape index (κ3) is 5.21. The monoisotopic (exact) mass is 285 g/mol. The summed E-state index contributed by atoms with van der Waals surface area (Å²) in [5.41, 5.74) is 3.57. The molecule has 0 saturated carbocycles. The lowest BCUT2D eigenvalue weighted by Crippen LogP contribution is -2.16. The van der Waals surface area contributed by atoms with Crippen molar-refractivity contribution in [3.05, 3.63) is 65.2 Å². The summed E-state index contributed by atoms with van der Waals surface area (Å²) in [5, 5.41) is 12.1. The Morgan fingerprint density at radius 2 is 1.95 bits per heavy atom. The smallest absolute Gasteiger partial charge is 0.124 e. The largest absolute Gasteiger partial charge is 0.489 e. The van der Waals surface area contributed by atoms with Gasteiger partial charge < -0.3 is 15.2 Å². The lowest BCUT2D eigenvalue weighted by Gasteiger charge is -2.12. The van der Waals surface area contributed by atoms with Gasteiger partial charge in [-0.2, -0.15) is 0 Å². The second-order valence-electron chi connectivity index (χ2n) is 5.14. The molecule has 0 saturated heterocycles. The lowest BCUT2D eigenvalue weighted by atomic mass is 10.1. The molecule has 3 nitrogen and oxygen atoms in total. The Labute approximate surface area is 126 Å². The minimum absolute atomic E-state index is 0.221. The summed E-state index contributed by atoms with van der Waals surface area (Å²) in [6.07, 6.45) is 0.770. The molecular formula is C18H23NO2. The lowest BCUT2D eigenvalue weighted by molar-refractivity contribution is 0.285. The third-order valence-corrected chi connectivity index (χ3v) is 3.28. The van der Waals surface area contributed by atoms with E-state index in [-0.39, 0.29) is 6.61 Å². The highest BCUT2D eigenvalue weighted by Gasteiger charge is 2.03. The van der Waals surface area contributed by atoms with Crippen molar-refractivity contribution in [2.45, 2.75) is 26.5 Å². The Morgan fingerprint density at radius 3 is 2.76 bits per heavy atom. The fourth-order valence-corrected chi connectivity index (χ4v) is 2.18. The molecule has 0 aliphatic rings. The van der Waals surface area contributed by atoms with Crippen LogP contribution < -0.4 is 10.1 Å². The summed E-state index contributed by atoms with van der Waals surface area (Å²) in [6.45, 7) is 4.45. The minimum Gasteiger partial charge on any atom is -0.489 e. The van der Waals surface area contributed by atoms with Crippen LogP contribution in [-0.4, -0.2) is 18.3 Å². The van der Waals surface area contributed by atoms with Crippen LogP contribution in [0.1, 0.15) is 23.1 Å². The summed E-state index contributed by atoms with van der Waals surface area (Å²) in [7, 11) is 0. The quantitative estimate of drug-likeness (QED) is 0.733. The van der Waals surface area contributed by atoms with Crippen molar-refractivity contribution in [2.24, 2.45) is 0 Å². The highest BCUT2D eigenvalue weighted by atomic mass is 16.5. The molecule has 0 atom stereocenters. The number of hydrogen-bond acceptors (Lipinski definition) is 3. The van der Waals surface area contributed by atoms with E-state index in [9.17, 15) is 0 Å². The SMILES string of the molecule is Cc1cccc(COc2ccccc2CNCCCO)c1. The zero-order valence-electron chi connectivity index (χ0n) is 12.5. The van der Waals surface area contributed by atoms with E-state index in [1.54, 1.807) is 0 Å². The first-order chi connectivity index (χ1) is 10.3. The van der Waals surface area contributed by atoms with Gasteiger partial charge in [0.15, 0.2) is 0 Å². The normalized spacial score (nSPS) is 10.6. The first-order valence-electron chi connectivity index (χ1n) is 7.37. The molecule has 0 amide bonds. The summed E-state index contributed by atoms with van der Waals surface area (Å²) in [6, 6.07) is 16.4. The van der Waals surface area contributed by atoms with Crippen LogP contribution >= 0.6 is 0 Å². The average Bonchev–Trinajstić information content (AvgIpc) is 2.50. The third-order valence-electron chi connectivity index (χ3n) is 3.28. The number of aliphatic hydroxyl groups excluding tert-OH is 1. The van der Waals surface area contributed by atoms with Gasteiger partial charge in [0.25, 0.3) is 0 Å². The van der Waals surface area contributed by atoms with E-state index in [1.807, 2.05) is 18.2 Å². The zero-order valence-corrected chi connectivity index (χ0v) is 12.5. The van der Waals surface area contributed by atoms with Gasteiger partial charge in [0.1, 0.15) is 12.4 Å². The molecule has 0 aromatic heterocycles. The molecule has 21 heavy (non-hydrogen) atoms. The number of aliphatic hydroxyl groups is 1. The van der Waals surface area contributed by atoms with E-state index in [0.29, 0.717) is 6.61 Å². The topological polar surface area (TPSA) is 41.5 Å². The second-order valence-corrected chi connectivity index (χ2v) is 5.14. The van der Waals surface area contributed by atoms with Gasteiger partial charge in [-0.25, -0.2) is 0 Å². The van der Waals surface area contributed by atoms with E-state index in [4.69, 9.17) is 9.84 Å². The number of rotatable bonds is 8. The molecule has 2 aromatic rings. The molecule has 3 heteroatoms. The molecule has 0 spiro atoms. The van der Waals surface area contributed by atoms with Crippen LogP contribution in [0.5, 0.6) is 5.75 Å². The molecule has 0 aliphatic carbocycles. The van der Waals surface area contributed by atoms with Crippen molar-refractivity contribution < 1.29 is 9.84 Å². The summed E-state index contributed by atoms with van der Waals surface area (Å²) in [5.74, 6) is 0.913. The van der Waals surface area contributed by atoms with E-state index in [2.05, 4.69) is 42.6 Å². The Bertz CT molecular complexity index is 554. The molecule has 0 unspecified atom stereocenters. The fourth-order valence-electron chi connectivity index (χ4n) is 2.18. The minimum atomic E-state index is 0.221. The number of hydrogen-bond donors (Lipinski definition) is 2. The van der Waals surface area contributed by atoms with Gasteiger partial charge in [0.2, 0.25) is 0 Å². The van der Waals surface area contributed by atoms with Gasteiger partial charge in [-0.15, -0.1) is 0 Å². The predicted octanol–water partition coefficient (Wildman–Crippen LogP) is 3.05. The Hall–Kier alpha value is -1.84. The van der Waals surface area contributed by atoms with Crippen LogP contribution in [0.2, 0.25) is 0 Å².